The van der Waals surface area contributed by atoms with Crippen molar-refractivity contribution in [2.45, 2.75) is 30.8 Å². The first-order chi connectivity index (χ1) is 14.5. The zero-order valence-electron chi connectivity index (χ0n) is 17.7. The van der Waals surface area contributed by atoms with Crippen molar-refractivity contribution in [3.05, 3.63) is 95.6 Å². The van der Waals surface area contributed by atoms with Crippen molar-refractivity contribution in [3.63, 3.8) is 0 Å². The van der Waals surface area contributed by atoms with Crippen LogP contribution in [0.2, 0.25) is 0 Å². The molecule has 0 saturated carbocycles. The second kappa shape index (κ2) is 8.33. The highest BCUT2D eigenvalue weighted by atomic mass is 32.2. The third-order valence-electron chi connectivity index (χ3n) is 5.20. The van der Waals surface area contributed by atoms with Gasteiger partial charge >= 0.3 is 0 Å². The van der Waals surface area contributed by atoms with Gasteiger partial charge in [-0.1, -0.05) is 66.2 Å². The van der Waals surface area contributed by atoms with E-state index in [1.165, 1.54) is 5.56 Å². The van der Waals surface area contributed by atoms with Gasteiger partial charge in [0.2, 0.25) is 5.88 Å². The van der Waals surface area contributed by atoms with Crippen LogP contribution in [0.15, 0.2) is 93.3 Å². The molecule has 0 amide bonds. The van der Waals surface area contributed by atoms with E-state index in [0.29, 0.717) is 11.0 Å². The Bertz CT molecular complexity index is 1170. The predicted octanol–water partition coefficient (Wildman–Crippen LogP) is 6.81. The lowest BCUT2D eigenvalue weighted by atomic mass is 10.1. The van der Waals surface area contributed by atoms with E-state index < -0.39 is 10.8 Å². The molecule has 0 saturated heterocycles. The number of benzene rings is 3. The Labute approximate surface area is 180 Å². The Morgan fingerprint density at radius 1 is 0.800 bits per heavy atom. The molecule has 4 rings (SSSR count). The van der Waals surface area contributed by atoms with Gasteiger partial charge in [-0.15, -0.1) is 0 Å². The molecule has 0 bridgehead atoms. The average molecular weight is 416 g/mol. The molecule has 3 nitrogen and oxygen atoms in total. The molecule has 1 aromatic heterocycles. The summed E-state index contributed by atoms with van der Waals surface area (Å²) in [6.45, 7) is 6.07. The summed E-state index contributed by atoms with van der Waals surface area (Å²) in [5.41, 5.74) is 6.15. The highest BCUT2D eigenvalue weighted by Gasteiger charge is 2.23. The summed E-state index contributed by atoms with van der Waals surface area (Å²) in [5.74, 6) is 0.679. The maximum absolute atomic E-state index is 13.6. The average Bonchev–Trinajstić information content (AvgIpc) is 3.19. The van der Waals surface area contributed by atoms with Crippen LogP contribution >= 0.6 is 0 Å². The van der Waals surface area contributed by atoms with Crippen molar-refractivity contribution in [2.24, 2.45) is 0 Å². The minimum Gasteiger partial charge on any atom is -0.430 e. The molecular weight excluding hydrogens is 390 g/mol. The third-order valence-corrected chi connectivity index (χ3v) is 6.78. The Kier molecular flexibility index (Phi) is 5.60. The minimum atomic E-state index is -1.41. The fourth-order valence-corrected chi connectivity index (χ4v) is 5.14. The molecule has 3 aromatic carbocycles. The van der Waals surface area contributed by atoms with Gasteiger partial charge in [0.15, 0.2) is 5.09 Å². The number of para-hydroxylation sites is 1. The number of hydrogen-bond donors (Lipinski definition) is 0. The predicted molar refractivity (Wildman–Crippen MR) is 124 cm³/mol. The smallest absolute Gasteiger partial charge is 0.209 e. The van der Waals surface area contributed by atoms with Crippen LogP contribution in [0.3, 0.4) is 0 Å². The van der Waals surface area contributed by atoms with E-state index in [4.69, 9.17) is 4.42 Å². The maximum atomic E-state index is 13.6. The monoisotopic (exact) mass is 415 g/mol. The van der Waals surface area contributed by atoms with Crippen LogP contribution in [0.1, 0.15) is 16.7 Å². The van der Waals surface area contributed by atoms with Gasteiger partial charge < -0.3 is 9.32 Å². The van der Waals surface area contributed by atoms with E-state index in [9.17, 15) is 4.21 Å². The Hall–Kier alpha value is -3.11. The lowest BCUT2D eigenvalue weighted by molar-refractivity contribution is 0.471. The first-order valence-electron chi connectivity index (χ1n) is 9.93. The zero-order valence-corrected chi connectivity index (χ0v) is 18.5. The van der Waals surface area contributed by atoms with Gasteiger partial charge in [-0.05, 0) is 49.6 Å². The van der Waals surface area contributed by atoms with Crippen LogP contribution in [-0.2, 0) is 10.8 Å². The van der Waals surface area contributed by atoms with Gasteiger partial charge in [0.25, 0.3) is 0 Å². The Morgan fingerprint density at radius 2 is 1.37 bits per heavy atom. The zero-order chi connectivity index (χ0) is 21.3. The van der Waals surface area contributed by atoms with E-state index in [2.05, 4.69) is 19.1 Å². The third kappa shape index (κ3) is 3.83. The van der Waals surface area contributed by atoms with Crippen molar-refractivity contribution in [2.75, 3.05) is 11.9 Å². The second-order valence-corrected chi connectivity index (χ2v) is 8.89. The van der Waals surface area contributed by atoms with E-state index in [1.807, 2.05) is 92.5 Å². The number of nitrogens with zero attached hydrogens (tertiary/aromatic N) is 1. The van der Waals surface area contributed by atoms with Gasteiger partial charge in [-0.2, -0.15) is 0 Å². The van der Waals surface area contributed by atoms with Crippen LogP contribution in [0.5, 0.6) is 0 Å². The molecule has 0 spiro atoms. The molecule has 4 heteroatoms. The van der Waals surface area contributed by atoms with Gasteiger partial charge in [0, 0.05) is 24.4 Å². The molecule has 0 aliphatic heterocycles. The number of rotatable bonds is 5. The number of anilines is 2. The van der Waals surface area contributed by atoms with Gasteiger partial charge in [0.1, 0.15) is 10.8 Å². The molecule has 0 N–H and O–H groups in total. The van der Waals surface area contributed by atoms with Crippen LogP contribution in [-0.4, -0.2) is 11.3 Å². The highest BCUT2D eigenvalue weighted by molar-refractivity contribution is 7.85. The van der Waals surface area contributed by atoms with Crippen LogP contribution < -0.4 is 4.90 Å². The maximum Gasteiger partial charge on any atom is 0.209 e. The summed E-state index contributed by atoms with van der Waals surface area (Å²) in [6.07, 6.45) is 0. The number of furan rings is 1. The molecule has 30 heavy (non-hydrogen) atoms. The first kappa shape index (κ1) is 20.2. The molecule has 0 aliphatic carbocycles. The Morgan fingerprint density at radius 3 is 1.97 bits per heavy atom. The summed E-state index contributed by atoms with van der Waals surface area (Å²) >= 11 is 0. The van der Waals surface area contributed by atoms with E-state index >= 15 is 0 Å². The quantitative estimate of drug-likeness (QED) is 0.359. The van der Waals surface area contributed by atoms with Crippen molar-refractivity contribution in [3.8, 4) is 11.1 Å². The van der Waals surface area contributed by atoms with Crippen LogP contribution in [0, 0.1) is 20.8 Å². The van der Waals surface area contributed by atoms with Crippen molar-refractivity contribution in [1.29, 1.82) is 0 Å². The Balaban J connectivity index is 1.85. The van der Waals surface area contributed by atoms with Gasteiger partial charge in [-0.3, -0.25) is 0 Å². The lowest BCUT2D eigenvalue weighted by Crippen LogP contribution is -2.09. The van der Waals surface area contributed by atoms with Crippen molar-refractivity contribution in [1.82, 2.24) is 0 Å². The standard InChI is InChI=1S/C26H25NO2S/c1-18-15-19(2)25(20(3)16-18)30(28)24-17-23(21-11-7-5-8-12-21)26(29-24)27(4)22-13-9-6-10-14-22/h5-17H,1-4H3. The molecule has 1 unspecified atom stereocenters. The highest BCUT2D eigenvalue weighted by Crippen LogP contribution is 2.39. The lowest BCUT2D eigenvalue weighted by Gasteiger charge is -2.18. The first-order valence-corrected chi connectivity index (χ1v) is 11.1. The number of aryl methyl sites for hydroxylation is 3. The topological polar surface area (TPSA) is 33.5 Å². The summed E-state index contributed by atoms with van der Waals surface area (Å²) in [7, 11) is 0.560. The molecule has 1 atom stereocenters. The van der Waals surface area contributed by atoms with Crippen molar-refractivity contribution < 1.29 is 8.63 Å². The van der Waals surface area contributed by atoms with E-state index in [-0.39, 0.29) is 0 Å². The van der Waals surface area contributed by atoms with Crippen LogP contribution in [0.4, 0.5) is 11.6 Å². The molecule has 0 fully saturated rings. The molecule has 4 aromatic rings. The van der Waals surface area contributed by atoms with Gasteiger partial charge in [-0.25, -0.2) is 4.21 Å². The van der Waals surface area contributed by atoms with E-state index in [0.717, 1.165) is 32.8 Å². The molecule has 152 valence electrons. The summed E-state index contributed by atoms with van der Waals surface area (Å²) in [6, 6.07) is 26.2. The molecule has 0 aliphatic rings. The molecular formula is C26H25NO2S. The van der Waals surface area contributed by atoms with Crippen molar-refractivity contribution >= 4 is 22.4 Å². The van der Waals surface area contributed by atoms with E-state index in [1.54, 1.807) is 0 Å². The molecule has 0 radical (unpaired) electrons. The normalized spacial score (nSPS) is 12.0. The fourth-order valence-electron chi connectivity index (χ4n) is 3.85. The molecule has 1 heterocycles. The minimum absolute atomic E-state index is 0.460. The number of hydrogen-bond acceptors (Lipinski definition) is 3. The summed E-state index contributed by atoms with van der Waals surface area (Å²) < 4.78 is 19.8. The SMILES string of the molecule is Cc1cc(C)c(S(=O)c2cc(-c3ccccc3)c(N(C)c3ccccc3)o2)c(C)c1. The summed E-state index contributed by atoms with van der Waals surface area (Å²) in [4.78, 5) is 2.82. The largest absolute Gasteiger partial charge is 0.430 e. The van der Waals surface area contributed by atoms with Crippen LogP contribution in [0.25, 0.3) is 11.1 Å². The fraction of sp³-hybridized carbons (Fsp3) is 0.154. The summed E-state index contributed by atoms with van der Waals surface area (Å²) in [5, 5.41) is 0.460. The second-order valence-electron chi connectivity index (χ2n) is 7.54. The van der Waals surface area contributed by atoms with Gasteiger partial charge in [0.05, 0.1) is 4.90 Å².